The maximum atomic E-state index is 11.5. The fourth-order valence-corrected chi connectivity index (χ4v) is 3.81. The average molecular weight is 390 g/mol. The van der Waals surface area contributed by atoms with Crippen molar-refractivity contribution in [3.05, 3.63) is 16.7 Å². The molecule has 6 N–H and O–H groups in total. The number of fused-ring (bicyclic) bond motifs is 1. The SMILES string of the molecule is Nc1nc2c(ncn2O[P+](=O)OP(=O)(O)OP(=O)(O)O)c(=O)[nH]1. The van der Waals surface area contributed by atoms with Crippen molar-refractivity contribution in [2.75, 3.05) is 5.73 Å². The lowest BCUT2D eigenvalue weighted by Gasteiger charge is -2.05. The van der Waals surface area contributed by atoms with E-state index in [-0.39, 0.29) is 17.1 Å². The van der Waals surface area contributed by atoms with Gasteiger partial charge in [-0.3, -0.25) is 14.7 Å². The monoisotopic (exact) mass is 390 g/mol. The van der Waals surface area contributed by atoms with Crippen molar-refractivity contribution in [1.82, 2.24) is 19.7 Å². The Balaban J connectivity index is 2.20. The van der Waals surface area contributed by atoms with Crippen LogP contribution in [0, 0.1) is 0 Å². The first-order chi connectivity index (χ1) is 10.5. The van der Waals surface area contributed by atoms with Crippen LogP contribution in [0.5, 0.6) is 0 Å². The number of nitrogens with two attached hydrogens (primary N) is 1. The van der Waals surface area contributed by atoms with Crippen LogP contribution in [0.15, 0.2) is 11.1 Å². The molecule has 0 amide bonds. The molecule has 0 aromatic carbocycles. The van der Waals surface area contributed by atoms with Gasteiger partial charge in [0.25, 0.3) is 5.56 Å². The van der Waals surface area contributed by atoms with Gasteiger partial charge in [0.1, 0.15) is 6.33 Å². The highest BCUT2D eigenvalue weighted by Crippen LogP contribution is 2.61. The Morgan fingerprint density at radius 1 is 1.35 bits per heavy atom. The zero-order valence-corrected chi connectivity index (χ0v) is 13.2. The van der Waals surface area contributed by atoms with Crippen LogP contribution >= 0.6 is 23.9 Å². The Bertz CT molecular complexity index is 913. The third-order valence-corrected chi connectivity index (χ3v) is 5.27. The second kappa shape index (κ2) is 6.07. The summed E-state index contributed by atoms with van der Waals surface area (Å²) < 4.78 is 45.5. The first kappa shape index (κ1) is 17.7. The second-order valence-electron chi connectivity index (χ2n) is 3.62. The van der Waals surface area contributed by atoms with E-state index in [0.717, 1.165) is 6.33 Å². The molecule has 2 heterocycles. The summed E-state index contributed by atoms with van der Waals surface area (Å²) in [7, 11) is -14.2. The molecule has 23 heavy (non-hydrogen) atoms. The smallest absolute Gasteiger partial charge is 0.369 e. The van der Waals surface area contributed by atoms with E-state index in [1.54, 1.807) is 0 Å². The molecular weight excluding hydrogens is 383 g/mol. The minimum absolute atomic E-state index is 0.249. The molecule has 2 atom stereocenters. The molecule has 2 aromatic heterocycles. The fourth-order valence-electron chi connectivity index (χ4n) is 1.29. The molecule has 0 saturated carbocycles. The normalized spacial score (nSPS) is 15.3. The van der Waals surface area contributed by atoms with E-state index in [1.165, 1.54) is 0 Å². The number of imidazole rings is 1. The Morgan fingerprint density at radius 3 is 2.61 bits per heavy atom. The van der Waals surface area contributed by atoms with Crippen molar-refractivity contribution >= 4 is 41.0 Å². The Hall–Kier alpha value is -1.69. The molecule has 0 fully saturated rings. The van der Waals surface area contributed by atoms with Crippen molar-refractivity contribution < 1.29 is 41.6 Å². The number of rotatable bonds is 6. The lowest BCUT2D eigenvalue weighted by atomic mass is 10.5. The molecule has 2 aromatic rings. The number of hydrogen-bond donors (Lipinski definition) is 5. The minimum atomic E-state index is -5.39. The maximum absolute atomic E-state index is 11.5. The van der Waals surface area contributed by atoms with Crippen molar-refractivity contribution in [1.29, 1.82) is 0 Å². The van der Waals surface area contributed by atoms with Crippen molar-refractivity contribution in [3.63, 3.8) is 0 Å². The van der Waals surface area contributed by atoms with Crippen LogP contribution in [0.3, 0.4) is 0 Å². The number of nitrogens with zero attached hydrogens (tertiary/aromatic N) is 3. The van der Waals surface area contributed by atoms with E-state index < -0.39 is 29.5 Å². The zero-order chi connectivity index (χ0) is 17.4. The molecular formula is C5H7N5O10P3+. The number of anilines is 1. The van der Waals surface area contributed by atoms with E-state index in [9.17, 15) is 18.5 Å². The van der Waals surface area contributed by atoms with Gasteiger partial charge in [-0.25, -0.2) is 14.1 Å². The Morgan fingerprint density at radius 2 is 2.00 bits per heavy atom. The zero-order valence-electron chi connectivity index (χ0n) is 10.5. The fraction of sp³-hybridized carbons (Fsp3) is 0. The summed E-state index contributed by atoms with van der Waals surface area (Å²) in [5.74, 6) is -0.318. The molecule has 18 heteroatoms. The van der Waals surface area contributed by atoms with Gasteiger partial charge in [0.2, 0.25) is 11.6 Å². The van der Waals surface area contributed by atoms with Gasteiger partial charge in [-0.15, -0.1) is 4.62 Å². The summed E-state index contributed by atoms with van der Waals surface area (Å²) in [6.45, 7) is 0. The molecule has 0 radical (unpaired) electrons. The summed E-state index contributed by atoms with van der Waals surface area (Å²) in [5.41, 5.74) is 4.02. The number of nitrogen functional groups attached to an aromatic ring is 1. The lowest BCUT2D eigenvalue weighted by molar-refractivity contribution is 0.210. The minimum Gasteiger partial charge on any atom is -0.369 e. The van der Waals surface area contributed by atoms with Crippen LogP contribution in [-0.2, 0) is 22.3 Å². The van der Waals surface area contributed by atoms with Gasteiger partial charge in [-0.1, -0.05) is 4.73 Å². The van der Waals surface area contributed by atoms with Gasteiger partial charge in [0.15, 0.2) is 5.52 Å². The van der Waals surface area contributed by atoms with E-state index in [2.05, 4.69) is 28.2 Å². The van der Waals surface area contributed by atoms with Gasteiger partial charge in [-0.05, 0) is 0 Å². The molecule has 2 rings (SSSR count). The molecule has 0 bridgehead atoms. The summed E-state index contributed by atoms with van der Waals surface area (Å²) in [4.78, 5) is 46.6. The van der Waals surface area contributed by atoms with Crippen LogP contribution in [0.2, 0.25) is 0 Å². The molecule has 0 aliphatic heterocycles. The topological polar surface area (TPSA) is 229 Å². The first-order valence-electron chi connectivity index (χ1n) is 5.15. The van der Waals surface area contributed by atoms with E-state index >= 15 is 0 Å². The number of hydrogen-bond acceptors (Lipinski definition) is 10. The van der Waals surface area contributed by atoms with E-state index in [0.29, 0.717) is 4.73 Å². The van der Waals surface area contributed by atoms with E-state index in [1.807, 2.05) is 0 Å². The quantitative estimate of drug-likeness (QED) is 0.374. The summed E-state index contributed by atoms with van der Waals surface area (Å²) in [6.07, 6.45) is 0.828. The van der Waals surface area contributed by atoms with Crippen LogP contribution in [-0.4, -0.2) is 34.4 Å². The highest BCUT2D eigenvalue weighted by molar-refractivity contribution is 7.64. The van der Waals surface area contributed by atoms with Crippen LogP contribution in [0.25, 0.3) is 11.2 Å². The predicted molar refractivity (Wildman–Crippen MR) is 70.8 cm³/mol. The number of nitrogens with one attached hydrogen (secondary N) is 1. The van der Waals surface area contributed by atoms with Crippen molar-refractivity contribution in [2.45, 2.75) is 0 Å². The molecule has 0 aliphatic rings. The standard InChI is InChI=1S/C5H6N5O10P3/c6-5-8-3-2(4(11)9-5)7-1-10(3)18-21(12)19-23(16,17)20-22(13,14)15/h1H,(H5-,6,8,9,11,13,14,15,16,17)/p+1. The number of aromatic amines is 1. The third kappa shape index (κ3) is 4.64. The Labute approximate surface area is 125 Å². The number of phosphoric acid groups is 2. The van der Waals surface area contributed by atoms with Crippen molar-refractivity contribution in [2.24, 2.45) is 0 Å². The predicted octanol–water partition coefficient (Wildman–Crippen LogP) is -0.986. The maximum Gasteiger partial charge on any atom is 0.782 e. The van der Waals surface area contributed by atoms with Gasteiger partial charge in [0.05, 0.1) is 0 Å². The summed E-state index contributed by atoms with van der Waals surface area (Å²) >= 11 is 0. The van der Waals surface area contributed by atoms with Crippen LogP contribution in [0.4, 0.5) is 5.95 Å². The van der Waals surface area contributed by atoms with Gasteiger partial charge in [0, 0.05) is 8.88 Å². The summed E-state index contributed by atoms with van der Waals surface area (Å²) in [5, 5.41) is 0. The van der Waals surface area contributed by atoms with Crippen LogP contribution in [0.1, 0.15) is 0 Å². The second-order valence-corrected chi connectivity index (χ2v) is 7.46. The largest absolute Gasteiger partial charge is 0.782 e. The molecule has 2 unspecified atom stereocenters. The van der Waals surface area contributed by atoms with Gasteiger partial charge >= 0.3 is 23.9 Å². The Kier molecular flexibility index (Phi) is 4.66. The molecule has 15 nitrogen and oxygen atoms in total. The number of aromatic nitrogens is 4. The highest BCUT2D eigenvalue weighted by Gasteiger charge is 2.44. The van der Waals surface area contributed by atoms with Crippen molar-refractivity contribution in [3.8, 4) is 0 Å². The average Bonchev–Trinajstić information content (AvgIpc) is 2.68. The summed E-state index contributed by atoms with van der Waals surface area (Å²) in [6, 6.07) is 0. The lowest BCUT2D eigenvalue weighted by Crippen LogP contribution is -2.13. The molecule has 0 aliphatic carbocycles. The molecule has 0 saturated heterocycles. The first-order valence-corrected chi connectivity index (χ1v) is 9.27. The third-order valence-electron chi connectivity index (χ3n) is 1.93. The van der Waals surface area contributed by atoms with Crippen LogP contribution < -0.4 is 15.9 Å². The van der Waals surface area contributed by atoms with E-state index in [4.69, 9.17) is 20.4 Å². The molecule has 0 spiro atoms. The van der Waals surface area contributed by atoms with Gasteiger partial charge < -0.3 is 15.5 Å². The molecule has 126 valence electrons. The van der Waals surface area contributed by atoms with Gasteiger partial charge in [-0.2, -0.15) is 9.29 Å². The highest BCUT2D eigenvalue weighted by atomic mass is 31.3. The number of H-pyrrole nitrogens is 1.